The van der Waals surface area contributed by atoms with Gasteiger partial charge in [-0.15, -0.1) is 0 Å². The third kappa shape index (κ3) is 5.11. The molecule has 5 N–H and O–H groups in total. The molecule has 0 aliphatic heterocycles. The van der Waals surface area contributed by atoms with Crippen molar-refractivity contribution in [1.82, 2.24) is 5.32 Å². The van der Waals surface area contributed by atoms with E-state index in [2.05, 4.69) is 5.32 Å². The minimum absolute atomic E-state index is 0.0377. The van der Waals surface area contributed by atoms with E-state index >= 15 is 0 Å². The van der Waals surface area contributed by atoms with Gasteiger partial charge in [0.05, 0.1) is 6.42 Å². The molecule has 0 heterocycles. The number of urea groups is 1. The summed E-state index contributed by atoms with van der Waals surface area (Å²) >= 11 is 5.59. The smallest absolute Gasteiger partial charge is 0.326 e. The lowest BCUT2D eigenvalue weighted by atomic mass is 10.2. The number of hydrogen-bond acceptors (Lipinski definition) is 3. The van der Waals surface area contributed by atoms with Crippen LogP contribution in [0.3, 0.4) is 0 Å². The highest BCUT2D eigenvalue weighted by Crippen LogP contribution is 2.17. The second kappa shape index (κ2) is 6.71. The van der Waals surface area contributed by atoms with E-state index in [1.807, 2.05) is 5.32 Å². The first-order chi connectivity index (χ1) is 9.27. The van der Waals surface area contributed by atoms with Gasteiger partial charge in [0.15, 0.2) is 0 Å². The summed E-state index contributed by atoms with van der Waals surface area (Å²) in [6, 6.07) is 0.901. The number of anilines is 1. The third-order valence-corrected chi connectivity index (χ3v) is 2.35. The largest absolute Gasteiger partial charge is 0.480 e. The molecule has 0 aliphatic rings. The average Bonchev–Trinajstić information content (AvgIpc) is 2.25. The summed E-state index contributed by atoms with van der Waals surface area (Å²) in [6.07, 6.45) is -0.563. The Labute approximate surface area is 117 Å². The van der Waals surface area contributed by atoms with Crippen LogP contribution in [-0.2, 0) is 9.59 Å². The number of carbonyl (C=O) groups excluding carboxylic acids is 2. The van der Waals surface area contributed by atoms with Gasteiger partial charge in [-0.05, 0) is 18.2 Å². The van der Waals surface area contributed by atoms with E-state index in [0.717, 1.165) is 12.1 Å². The molecule has 0 aliphatic carbocycles. The van der Waals surface area contributed by atoms with Crippen molar-refractivity contribution < 1.29 is 23.9 Å². The maximum atomic E-state index is 13.0. The normalized spacial score (nSPS) is 11.5. The van der Waals surface area contributed by atoms with Gasteiger partial charge in [0.2, 0.25) is 5.91 Å². The summed E-state index contributed by atoms with van der Waals surface area (Å²) in [5, 5.41) is 13.1. The number of carboxylic acids is 1. The molecule has 20 heavy (non-hydrogen) atoms. The molecular formula is C11H11ClFN3O4. The number of benzene rings is 1. The van der Waals surface area contributed by atoms with Crippen molar-refractivity contribution in [2.75, 3.05) is 5.32 Å². The Kier molecular flexibility index (Phi) is 5.27. The first-order valence-electron chi connectivity index (χ1n) is 5.32. The highest BCUT2D eigenvalue weighted by Gasteiger charge is 2.22. The molecular weight excluding hydrogens is 293 g/mol. The van der Waals surface area contributed by atoms with E-state index in [0.29, 0.717) is 0 Å². The Bertz CT molecular complexity index is 532. The van der Waals surface area contributed by atoms with Gasteiger partial charge in [0.1, 0.15) is 11.9 Å². The van der Waals surface area contributed by atoms with Crippen LogP contribution in [0.15, 0.2) is 18.2 Å². The molecule has 1 rings (SSSR count). The molecule has 0 bridgehead atoms. The van der Waals surface area contributed by atoms with Crippen molar-refractivity contribution in [1.29, 1.82) is 0 Å². The number of carbonyl (C=O) groups is 3. The highest BCUT2D eigenvalue weighted by molar-refractivity contribution is 6.30. The monoisotopic (exact) mass is 303 g/mol. The number of hydrogen-bond donors (Lipinski definition) is 4. The van der Waals surface area contributed by atoms with E-state index in [-0.39, 0.29) is 10.7 Å². The minimum Gasteiger partial charge on any atom is -0.480 e. The van der Waals surface area contributed by atoms with Gasteiger partial charge in [-0.2, -0.15) is 0 Å². The Balaban J connectivity index is 2.70. The number of aliphatic carboxylic acids is 1. The van der Waals surface area contributed by atoms with Crippen molar-refractivity contribution in [2.24, 2.45) is 5.73 Å². The minimum atomic E-state index is -1.48. The van der Waals surface area contributed by atoms with Crippen LogP contribution in [0.2, 0.25) is 5.02 Å². The molecule has 0 saturated heterocycles. The first-order valence-corrected chi connectivity index (χ1v) is 5.70. The van der Waals surface area contributed by atoms with Gasteiger partial charge in [-0.25, -0.2) is 14.0 Å². The topological polar surface area (TPSA) is 122 Å². The molecule has 1 aromatic rings. The van der Waals surface area contributed by atoms with Crippen LogP contribution in [0.4, 0.5) is 14.9 Å². The molecule has 108 valence electrons. The molecule has 0 aromatic heterocycles. The fourth-order valence-electron chi connectivity index (χ4n) is 1.35. The second-order valence-electron chi connectivity index (χ2n) is 3.82. The zero-order valence-corrected chi connectivity index (χ0v) is 10.8. The molecule has 7 nitrogen and oxygen atoms in total. The lowest BCUT2D eigenvalue weighted by molar-refractivity contribution is -0.140. The molecule has 3 amide bonds. The van der Waals surface area contributed by atoms with Crippen LogP contribution in [0, 0.1) is 5.82 Å². The maximum absolute atomic E-state index is 13.0. The van der Waals surface area contributed by atoms with Crippen molar-refractivity contribution in [3.8, 4) is 0 Å². The van der Waals surface area contributed by atoms with E-state index < -0.39 is 36.2 Å². The van der Waals surface area contributed by atoms with Gasteiger partial charge in [-0.3, -0.25) is 4.79 Å². The van der Waals surface area contributed by atoms with Crippen molar-refractivity contribution in [3.63, 3.8) is 0 Å². The summed E-state index contributed by atoms with van der Waals surface area (Å²) in [6.45, 7) is 0. The number of nitrogens with one attached hydrogen (secondary N) is 2. The number of primary amides is 1. The summed E-state index contributed by atoms with van der Waals surface area (Å²) in [5.41, 5.74) is 4.90. The highest BCUT2D eigenvalue weighted by atomic mass is 35.5. The average molecular weight is 304 g/mol. The molecule has 1 aromatic carbocycles. The zero-order valence-electron chi connectivity index (χ0n) is 10.0. The lowest BCUT2D eigenvalue weighted by Gasteiger charge is -2.13. The number of nitrogens with two attached hydrogens (primary N) is 1. The van der Waals surface area contributed by atoms with Crippen LogP contribution in [0.25, 0.3) is 0 Å². The fraction of sp³-hybridized carbons (Fsp3) is 0.182. The molecule has 0 spiro atoms. The lowest BCUT2D eigenvalue weighted by Crippen LogP contribution is -2.45. The summed E-state index contributed by atoms with van der Waals surface area (Å²) < 4.78 is 13.0. The van der Waals surface area contributed by atoms with E-state index in [1.165, 1.54) is 6.07 Å². The Morgan fingerprint density at radius 1 is 1.35 bits per heavy atom. The predicted octanol–water partition coefficient (Wildman–Crippen LogP) is 0.929. The van der Waals surface area contributed by atoms with Crippen molar-refractivity contribution in [2.45, 2.75) is 12.5 Å². The number of halogens is 2. The molecule has 0 radical (unpaired) electrons. The van der Waals surface area contributed by atoms with Gasteiger partial charge < -0.3 is 21.5 Å². The fourth-order valence-corrected chi connectivity index (χ4v) is 1.57. The van der Waals surface area contributed by atoms with Gasteiger partial charge in [-0.1, -0.05) is 11.6 Å². The van der Waals surface area contributed by atoms with Crippen LogP contribution in [0.5, 0.6) is 0 Å². The summed E-state index contributed by atoms with van der Waals surface area (Å²) in [5.74, 6) is -2.97. The van der Waals surface area contributed by atoms with E-state index in [4.69, 9.17) is 22.4 Å². The number of rotatable bonds is 5. The molecule has 0 saturated carbocycles. The Hall–Kier alpha value is -2.35. The molecule has 0 fully saturated rings. The number of carboxylic acid groups (broad SMARTS) is 1. The SMILES string of the molecule is NC(=O)C[C@@H](NC(=O)Nc1cc(F)cc(Cl)c1)C(=O)O. The van der Waals surface area contributed by atoms with Crippen LogP contribution in [-0.4, -0.2) is 29.1 Å². The van der Waals surface area contributed by atoms with Crippen LogP contribution >= 0.6 is 11.6 Å². The van der Waals surface area contributed by atoms with Crippen LogP contribution in [0.1, 0.15) is 6.42 Å². The van der Waals surface area contributed by atoms with Crippen LogP contribution < -0.4 is 16.4 Å². The molecule has 0 unspecified atom stereocenters. The van der Waals surface area contributed by atoms with Crippen molar-refractivity contribution in [3.05, 3.63) is 29.0 Å². The number of amides is 3. The van der Waals surface area contributed by atoms with Gasteiger partial charge in [0, 0.05) is 10.7 Å². The van der Waals surface area contributed by atoms with Gasteiger partial charge >= 0.3 is 12.0 Å². The first kappa shape index (κ1) is 15.7. The van der Waals surface area contributed by atoms with E-state index in [9.17, 15) is 18.8 Å². The van der Waals surface area contributed by atoms with Gasteiger partial charge in [0.25, 0.3) is 0 Å². The quantitative estimate of drug-likeness (QED) is 0.646. The standard InChI is InChI=1S/C11H11ClFN3O4/c12-5-1-6(13)3-7(2-5)15-11(20)16-8(10(18)19)4-9(14)17/h1-3,8H,4H2,(H2,14,17)(H,18,19)(H2,15,16,20)/t8-/m1/s1. The van der Waals surface area contributed by atoms with Crippen molar-refractivity contribution >= 4 is 35.2 Å². The summed E-state index contributed by atoms with van der Waals surface area (Å²) in [7, 11) is 0. The summed E-state index contributed by atoms with van der Waals surface area (Å²) in [4.78, 5) is 33.0. The van der Waals surface area contributed by atoms with E-state index in [1.54, 1.807) is 0 Å². The Morgan fingerprint density at radius 3 is 2.50 bits per heavy atom. The predicted molar refractivity (Wildman–Crippen MR) is 68.8 cm³/mol. The maximum Gasteiger partial charge on any atom is 0.326 e. The molecule has 9 heteroatoms. The zero-order chi connectivity index (χ0) is 15.3. The third-order valence-electron chi connectivity index (χ3n) is 2.13. The Morgan fingerprint density at radius 2 is 2.00 bits per heavy atom. The molecule has 1 atom stereocenters. The second-order valence-corrected chi connectivity index (χ2v) is 4.25.